The normalized spacial score (nSPS) is 12.5. The zero-order valence-corrected chi connectivity index (χ0v) is 32.0. The predicted octanol–water partition coefficient (Wildman–Crippen LogP) is -1.65. The largest absolute Gasteiger partial charge is 0.384 e. The zero-order chi connectivity index (χ0) is 42.0. The van der Waals surface area contributed by atoms with Crippen LogP contribution in [0.2, 0.25) is 0 Å². The molecule has 0 bridgehead atoms. The highest BCUT2D eigenvalue weighted by Crippen LogP contribution is 2.21. The summed E-state index contributed by atoms with van der Waals surface area (Å²) in [5.74, 6) is -3.83. The van der Waals surface area contributed by atoms with Crippen molar-refractivity contribution in [2.45, 2.75) is 84.1 Å². The molecule has 0 aliphatic carbocycles. The van der Waals surface area contributed by atoms with E-state index in [1.54, 1.807) is 45.0 Å². The van der Waals surface area contributed by atoms with E-state index in [0.29, 0.717) is 24.0 Å². The Bertz CT molecular complexity index is 1760. The van der Waals surface area contributed by atoms with Gasteiger partial charge in [0.1, 0.15) is 29.8 Å². The number of nitrogens with two attached hydrogens (primary N) is 7. The Morgan fingerprint density at radius 1 is 0.696 bits per heavy atom. The first-order chi connectivity index (χ1) is 26.3. The Labute approximate surface area is 325 Å². The molecule has 4 amide bonds. The van der Waals surface area contributed by atoms with Gasteiger partial charge in [-0.1, -0.05) is 51.1 Å². The number of nitrogens with zero attached hydrogens (tertiary/aromatic N) is 3. The molecule has 20 heteroatoms. The molecule has 0 fully saturated rings. The maximum atomic E-state index is 14.4. The number of hydrogen-bond donors (Lipinski definition) is 12. The molecule has 2 aromatic rings. The standard InChI is InChI=1S/C36H56FN15O4/c1-36(2,3)28(32(56)51-25(6-4-14-46-33(40)41)30(54)48-19-22-12-13-23(29(38)39)24(37)16-22)52-31(55)26(7-5-15-47-34(42)43)50-27(53)17-20-8-10-21(11-9-20)18-49-35(44)45/h8-13,16,25-26,28H,4-7,14-15,17-19H2,1-3H3,(H3,38,39)(H,48,54)(H,50,53)(H,51,56)(H,52,55)(H4,40,41,46)(H4,42,43,47)(H4,44,45,49)/t25-,26-,28+/m0/s1. The fourth-order valence-electron chi connectivity index (χ4n) is 5.29. The number of hydrogen-bond acceptors (Lipinski definition) is 8. The lowest BCUT2D eigenvalue weighted by Crippen LogP contribution is -2.60. The van der Waals surface area contributed by atoms with E-state index in [-0.39, 0.29) is 68.9 Å². The topological polar surface area (TPSA) is 359 Å². The van der Waals surface area contributed by atoms with Crippen molar-refractivity contribution >= 4 is 47.3 Å². The van der Waals surface area contributed by atoms with E-state index in [9.17, 15) is 23.6 Å². The van der Waals surface area contributed by atoms with E-state index < -0.39 is 58.8 Å². The average molecular weight is 782 g/mol. The average Bonchev–Trinajstić information content (AvgIpc) is 3.10. The SMILES string of the molecule is CC(C)(C)[C@H](NC(=O)[C@H](CCCN=C(N)N)NC(=O)Cc1ccc(CN=C(N)N)cc1)C(=O)N[C@@H](CCCN=C(N)N)C(=O)NCc1ccc(C(=N)N)c(F)c1. The third kappa shape index (κ3) is 16.7. The van der Waals surface area contributed by atoms with E-state index in [2.05, 4.69) is 36.2 Å². The van der Waals surface area contributed by atoms with E-state index >= 15 is 0 Å². The first kappa shape index (κ1) is 45.7. The highest BCUT2D eigenvalue weighted by atomic mass is 19.1. The molecule has 2 aromatic carbocycles. The van der Waals surface area contributed by atoms with Gasteiger partial charge in [-0.2, -0.15) is 0 Å². The highest BCUT2D eigenvalue weighted by molar-refractivity contribution is 5.96. The molecule has 0 aliphatic heterocycles. The van der Waals surface area contributed by atoms with E-state index in [4.69, 9.17) is 45.5 Å². The molecular weight excluding hydrogens is 725 g/mol. The Morgan fingerprint density at radius 2 is 1.21 bits per heavy atom. The third-order valence-electron chi connectivity index (χ3n) is 8.21. The van der Waals surface area contributed by atoms with Crippen molar-refractivity contribution in [1.29, 1.82) is 5.41 Å². The minimum Gasteiger partial charge on any atom is -0.384 e. The lowest BCUT2D eigenvalue weighted by Gasteiger charge is -2.33. The molecule has 0 radical (unpaired) electrons. The van der Waals surface area contributed by atoms with Crippen LogP contribution in [0.25, 0.3) is 0 Å². The van der Waals surface area contributed by atoms with E-state index in [1.165, 1.54) is 12.1 Å². The van der Waals surface area contributed by atoms with Crippen molar-refractivity contribution in [2.24, 2.45) is 60.5 Å². The summed E-state index contributed by atoms with van der Waals surface area (Å²) in [4.78, 5) is 66.3. The summed E-state index contributed by atoms with van der Waals surface area (Å²) >= 11 is 0. The van der Waals surface area contributed by atoms with Gasteiger partial charge in [-0.25, -0.2) is 9.38 Å². The van der Waals surface area contributed by atoms with Crippen LogP contribution in [-0.2, 0) is 38.7 Å². The quantitative estimate of drug-likeness (QED) is 0.0387. The molecule has 19 nitrogen and oxygen atoms in total. The van der Waals surface area contributed by atoms with Crippen LogP contribution >= 0.6 is 0 Å². The van der Waals surface area contributed by atoms with Gasteiger partial charge in [0.2, 0.25) is 23.6 Å². The summed E-state index contributed by atoms with van der Waals surface area (Å²) in [6.45, 7) is 5.72. The number of benzene rings is 2. The maximum Gasteiger partial charge on any atom is 0.243 e. The summed E-state index contributed by atoms with van der Waals surface area (Å²) in [6, 6.07) is 7.68. The number of carbonyl (C=O) groups is 4. The van der Waals surface area contributed by atoms with Crippen molar-refractivity contribution in [3.63, 3.8) is 0 Å². The smallest absolute Gasteiger partial charge is 0.243 e. The molecule has 0 aromatic heterocycles. The van der Waals surface area contributed by atoms with Gasteiger partial charge in [0.05, 0.1) is 18.5 Å². The number of guanidine groups is 3. The summed E-state index contributed by atoms with van der Waals surface area (Å²) in [5, 5.41) is 18.4. The van der Waals surface area contributed by atoms with Gasteiger partial charge in [0, 0.05) is 19.6 Å². The van der Waals surface area contributed by atoms with Crippen molar-refractivity contribution in [1.82, 2.24) is 21.3 Å². The molecule has 3 atom stereocenters. The molecule has 0 aliphatic rings. The molecule has 56 heavy (non-hydrogen) atoms. The highest BCUT2D eigenvalue weighted by Gasteiger charge is 2.36. The monoisotopic (exact) mass is 781 g/mol. The Kier molecular flexibility index (Phi) is 18.0. The van der Waals surface area contributed by atoms with Crippen molar-refractivity contribution in [3.8, 4) is 0 Å². The second kappa shape index (κ2) is 22.0. The van der Waals surface area contributed by atoms with Gasteiger partial charge in [-0.05, 0) is 59.9 Å². The Morgan fingerprint density at radius 3 is 1.71 bits per heavy atom. The van der Waals surface area contributed by atoms with Gasteiger partial charge in [0.15, 0.2) is 17.9 Å². The molecule has 306 valence electrons. The lowest BCUT2D eigenvalue weighted by atomic mass is 9.85. The molecule has 2 rings (SSSR count). The summed E-state index contributed by atoms with van der Waals surface area (Å²) in [7, 11) is 0. The molecule has 0 heterocycles. The van der Waals surface area contributed by atoms with Crippen LogP contribution < -0.4 is 61.4 Å². The molecule has 0 saturated heterocycles. The number of aliphatic imine (C=N–C) groups is 3. The minimum atomic E-state index is -1.17. The van der Waals surface area contributed by atoms with Gasteiger partial charge in [0.25, 0.3) is 0 Å². The predicted molar refractivity (Wildman–Crippen MR) is 214 cm³/mol. The van der Waals surface area contributed by atoms with E-state index in [0.717, 1.165) is 11.6 Å². The molecule has 0 spiro atoms. The molecular formula is C36H56FN15O4. The summed E-state index contributed by atoms with van der Waals surface area (Å²) in [6.07, 6.45) is 0.812. The number of amides is 4. The number of nitrogens with one attached hydrogen (secondary N) is 5. The van der Waals surface area contributed by atoms with Crippen LogP contribution in [0.5, 0.6) is 0 Å². The second-order valence-corrected chi connectivity index (χ2v) is 14.1. The number of carbonyl (C=O) groups excluding carboxylic acids is 4. The Hall–Kier alpha value is -6.47. The van der Waals surface area contributed by atoms with Gasteiger partial charge < -0.3 is 61.4 Å². The Balaban J connectivity index is 2.26. The third-order valence-corrected chi connectivity index (χ3v) is 8.21. The van der Waals surface area contributed by atoms with Crippen molar-refractivity contribution in [3.05, 3.63) is 70.5 Å². The number of nitrogen functional groups attached to an aromatic ring is 1. The molecule has 0 saturated carbocycles. The van der Waals surface area contributed by atoms with Crippen LogP contribution in [-0.4, -0.2) is 78.6 Å². The van der Waals surface area contributed by atoms with Gasteiger partial charge >= 0.3 is 0 Å². The lowest BCUT2D eigenvalue weighted by molar-refractivity contribution is -0.136. The summed E-state index contributed by atoms with van der Waals surface area (Å²) < 4.78 is 14.4. The number of rotatable bonds is 21. The van der Waals surface area contributed by atoms with Crippen molar-refractivity contribution < 1.29 is 23.6 Å². The fourth-order valence-corrected chi connectivity index (χ4v) is 5.29. The first-order valence-corrected chi connectivity index (χ1v) is 17.8. The maximum absolute atomic E-state index is 14.4. The number of amidine groups is 1. The van der Waals surface area contributed by atoms with Crippen LogP contribution in [0.3, 0.4) is 0 Å². The van der Waals surface area contributed by atoms with Crippen LogP contribution in [0.1, 0.15) is 68.7 Å². The second-order valence-electron chi connectivity index (χ2n) is 14.1. The zero-order valence-electron chi connectivity index (χ0n) is 32.0. The van der Waals surface area contributed by atoms with Crippen LogP contribution in [0, 0.1) is 16.6 Å². The molecule has 0 unspecified atom stereocenters. The van der Waals surface area contributed by atoms with E-state index in [1.807, 2.05) is 0 Å². The fraction of sp³-hybridized carbons (Fsp3) is 0.444. The van der Waals surface area contributed by atoms with Crippen LogP contribution in [0.4, 0.5) is 4.39 Å². The van der Waals surface area contributed by atoms with Gasteiger partial charge in [-0.3, -0.25) is 34.6 Å². The van der Waals surface area contributed by atoms with Crippen LogP contribution in [0.15, 0.2) is 57.4 Å². The molecule has 19 N–H and O–H groups in total. The minimum absolute atomic E-state index is 0.0437. The van der Waals surface area contributed by atoms with Gasteiger partial charge in [-0.15, -0.1) is 0 Å². The number of halogens is 1. The summed E-state index contributed by atoms with van der Waals surface area (Å²) in [5.41, 5.74) is 38.9. The first-order valence-electron chi connectivity index (χ1n) is 17.8. The van der Waals surface area contributed by atoms with Crippen molar-refractivity contribution in [2.75, 3.05) is 13.1 Å².